The number of likely N-dealkylation sites (N-methyl/N-ethyl adjacent to an activating group) is 2. The third-order valence-corrected chi connectivity index (χ3v) is 5.42. The average Bonchev–Trinajstić information content (AvgIpc) is 2.58. The third kappa shape index (κ3) is 5.47. The summed E-state index contributed by atoms with van der Waals surface area (Å²) in [5.41, 5.74) is 0. The van der Waals surface area contributed by atoms with Crippen LogP contribution in [0.1, 0.15) is 53.4 Å². The van der Waals surface area contributed by atoms with Gasteiger partial charge in [-0.1, -0.05) is 46.5 Å². The summed E-state index contributed by atoms with van der Waals surface area (Å²) in [6.45, 7) is 8.96. The lowest BCUT2D eigenvalue weighted by atomic mass is 9.94. The molecule has 0 radical (unpaired) electrons. The van der Waals surface area contributed by atoms with Crippen molar-refractivity contribution in [3.8, 4) is 12.3 Å². The van der Waals surface area contributed by atoms with Crippen LogP contribution in [-0.2, 0) is 9.59 Å². The van der Waals surface area contributed by atoms with Crippen molar-refractivity contribution in [2.24, 2.45) is 11.8 Å². The van der Waals surface area contributed by atoms with Gasteiger partial charge in [-0.05, 0) is 38.3 Å². The van der Waals surface area contributed by atoms with Crippen molar-refractivity contribution in [2.75, 3.05) is 20.6 Å². The Morgan fingerprint density at radius 1 is 1.32 bits per heavy atom. The lowest BCUT2D eigenvalue weighted by molar-refractivity contribution is -0.139. The largest absolute Gasteiger partial charge is 0.343 e. The zero-order chi connectivity index (χ0) is 19.1. The van der Waals surface area contributed by atoms with Crippen LogP contribution in [-0.4, -0.2) is 60.4 Å². The molecule has 1 aliphatic heterocycles. The molecule has 2 unspecified atom stereocenters. The molecule has 0 aromatic carbocycles. The van der Waals surface area contributed by atoms with Gasteiger partial charge < -0.3 is 10.2 Å². The number of carbonyl (C=O) groups is 2. The summed E-state index contributed by atoms with van der Waals surface area (Å²) >= 11 is 0. The van der Waals surface area contributed by atoms with E-state index in [1.807, 2.05) is 34.7 Å². The van der Waals surface area contributed by atoms with E-state index >= 15 is 0 Å². The molecule has 0 aliphatic carbocycles. The fraction of sp³-hybridized carbons (Fsp3) is 0.800. The minimum atomic E-state index is -0.535. The smallest absolute Gasteiger partial charge is 0.246 e. The molecule has 1 N–H and O–H groups in total. The number of nitrogens with one attached hydrogen (secondary N) is 1. The topological polar surface area (TPSA) is 52.7 Å². The van der Waals surface area contributed by atoms with E-state index in [4.69, 9.17) is 6.42 Å². The fourth-order valence-corrected chi connectivity index (χ4v) is 3.45. The molecular formula is C20H35N3O2. The van der Waals surface area contributed by atoms with Gasteiger partial charge in [0.25, 0.3) is 0 Å². The molecule has 5 heteroatoms. The molecule has 1 rings (SSSR count). The first-order valence-electron chi connectivity index (χ1n) is 9.47. The summed E-state index contributed by atoms with van der Waals surface area (Å²) in [5.74, 6) is 2.78. The molecule has 5 nitrogen and oxygen atoms in total. The molecule has 142 valence electrons. The van der Waals surface area contributed by atoms with Crippen LogP contribution in [0.4, 0.5) is 0 Å². The summed E-state index contributed by atoms with van der Waals surface area (Å²) in [6.07, 6.45) is 9.45. The number of terminal acetylenes is 1. The zero-order valence-corrected chi connectivity index (χ0v) is 16.7. The average molecular weight is 350 g/mol. The molecule has 0 spiro atoms. The highest BCUT2D eigenvalue weighted by atomic mass is 16.2. The van der Waals surface area contributed by atoms with Crippen molar-refractivity contribution in [1.82, 2.24) is 15.1 Å². The standard InChI is InChI=1S/C20H35N3O2/c1-8-15(5)18(20(25)23(7)16(9-2)14(3)4)21-19(24)17-12-10-11-13-22(17)6/h2,14-18H,8,10-13H2,1,3-7H3,(H,21,24)/t15-,16?,17?,18-/m0/s1. The molecule has 2 amide bonds. The van der Waals surface area contributed by atoms with Gasteiger partial charge in [0.2, 0.25) is 11.8 Å². The molecule has 0 saturated carbocycles. The quantitative estimate of drug-likeness (QED) is 0.716. The molecule has 25 heavy (non-hydrogen) atoms. The Morgan fingerprint density at radius 3 is 2.44 bits per heavy atom. The number of hydrogen-bond acceptors (Lipinski definition) is 3. The first-order valence-corrected chi connectivity index (χ1v) is 9.47. The van der Waals surface area contributed by atoms with Crippen LogP contribution >= 0.6 is 0 Å². The van der Waals surface area contributed by atoms with Gasteiger partial charge in [-0.2, -0.15) is 0 Å². The molecule has 0 aromatic rings. The van der Waals surface area contributed by atoms with Crippen molar-refractivity contribution in [3.63, 3.8) is 0 Å². The van der Waals surface area contributed by atoms with Crippen molar-refractivity contribution in [2.45, 2.75) is 71.5 Å². The number of nitrogens with zero attached hydrogens (tertiary/aromatic N) is 2. The number of likely N-dealkylation sites (tertiary alicyclic amines) is 1. The Hall–Kier alpha value is -1.54. The molecule has 1 aliphatic rings. The van der Waals surface area contributed by atoms with Crippen LogP contribution in [0.5, 0.6) is 0 Å². The molecular weight excluding hydrogens is 314 g/mol. The third-order valence-electron chi connectivity index (χ3n) is 5.42. The number of amides is 2. The van der Waals surface area contributed by atoms with E-state index in [2.05, 4.69) is 16.1 Å². The van der Waals surface area contributed by atoms with Gasteiger partial charge in [-0.3, -0.25) is 14.5 Å². The van der Waals surface area contributed by atoms with Crippen molar-refractivity contribution in [3.05, 3.63) is 0 Å². The Labute approximate surface area is 153 Å². The molecule has 1 heterocycles. The van der Waals surface area contributed by atoms with E-state index in [0.717, 1.165) is 32.2 Å². The summed E-state index contributed by atoms with van der Waals surface area (Å²) in [4.78, 5) is 29.5. The number of hydrogen-bond donors (Lipinski definition) is 1. The van der Waals surface area contributed by atoms with Crippen LogP contribution in [0, 0.1) is 24.2 Å². The summed E-state index contributed by atoms with van der Waals surface area (Å²) in [7, 11) is 3.71. The SMILES string of the molecule is C#CC(C(C)C)N(C)C(=O)[C@@H](NC(=O)C1CCCCN1C)[C@@H](C)CC. The zero-order valence-electron chi connectivity index (χ0n) is 16.7. The van der Waals surface area contributed by atoms with Gasteiger partial charge in [0.05, 0.1) is 12.1 Å². The predicted molar refractivity (Wildman–Crippen MR) is 102 cm³/mol. The summed E-state index contributed by atoms with van der Waals surface area (Å²) in [5, 5.41) is 3.03. The number of carbonyl (C=O) groups excluding carboxylic acids is 2. The van der Waals surface area contributed by atoms with Crippen LogP contribution in [0.2, 0.25) is 0 Å². The lowest BCUT2D eigenvalue weighted by Gasteiger charge is -2.36. The maximum absolute atomic E-state index is 13.1. The van der Waals surface area contributed by atoms with Crippen molar-refractivity contribution < 1.29 is 9.59 Å². The molecule has 0 bridgehead atoms. The van der Waals surface area contributed by atoms with Crippen LogP contribution < -0.4 is 5.32 Å². The van der Waals surface area contributed by atoms with Gasteiger partial charge in [0.15, 0.2) is 0 Å². The van der Waals surface area contributed by atoms with E-state index in [1.54, 1.807) is 11.9 Å². The first-order chi connectivity index (χ1) is 11.7. The number of rotatable bonds is 7. The lowest BCUT2D eigenvalue weighted by Crippen LogP contribution is -2.57. The normalized spacial score (nSPS) is 21.9. The van der Waals surface area contributed by atoms with Gasteiger partial charge in [-0.15, -0.1) is 6.42 Å². The van der Waals surface area contributed by atoms with Crippen molar-refractivity contribution >= 4 is 11.8 Å². The van der Waals surface area contributed by atoms with E-state index in [1.165, 1.54) is 0 Å². The highest BCUT2D eigenvalue weighted by Gasteiger charge is 2.34. The van der Waals surface area contributed by atoms with Gasteiger partial charge in [0.1, 0.15) is 6.04 Å². The fourth-order valence-electron chi connectivity index (χ4n) is 3.45. The minimum Gasteiger partial charge on any atom is -0.343 e. The Balaban J connectivity index is 2.91. The van der Waals surface area contributed by atoms with Crippen LogP contribution in [0.25, 0.3) is 0 Å². The minimum absolute atomic E-state index is 0.0453. The van der Waals surface area contributed by atoms with Gasteiger partial charge in [-0.25, -0.2) is 0 Å². The Morgan fingerprint density at radius 2 is 1.96 bits per heavy atom. The molecule has 0 aromatic heterocycles. The Kier molecular flexibility index (Phi) is 8.44. The second-order valence-corrected chi connectivity index (χ2v) is 7.67. The van der Waals surface area contributed by atoms with Gasteiger partial charge in [0, 0.05) is 7.05 Å². The molecule has 1 saturated heterocycles. The Bertz CT molecular complexity index is 498. The molecule has 4 atom stereocenters. The maximum Gasteiger partial charge on any atom is 0.246 e. The van der Waals surface area contributed by atoms with Crippen LogP contribution in [0.3, 0.4) is 0 Å². The highest BCUT2D eigenvalue weighted by molar-refractivity contribution is 5.90. The first kappa shape index (κ1) is 21.5. The van der Waals surface area contributed by atoms with E-state index in [0.29, 0.717) is 0 Å². The van der Waals surface area contributed by atoms with Crippen LogP contribution in [0.15, 0.2) is 0 Å². The highest BCUT2D eigenvalue weighted by Crippen LogP contribution is 2.18. The second-order valence-electron chi connectivity index (χ2n) is 7.67. The predicted octanol–water partition coefficient (Wildman–Crippen LogP) is 2.12. The summed E-state index contributed by atoms with van der Waals surface area (Å²) in [6, 6.07) is -0.951. The molecule has 1 fully saturated rings. The van der Waals surface area contributed by atoms with Gasteiger partial charge >= 0.3 is 0 Å². The van der Waals surface area contributed by atoms with Crippen molar-refractivity contribution in [1.29, 1.82) is 0 Å². The number of piperidine rings is 1. The maximum atomic E-state index is 13.1. The monoisotopic (exact) mass is 349 g/mol. The second kappa shape index (κ2) is 9.82. The van der Waals surface area contributed by atoms with E-state index < -0.39 is 6.04 Å². The van der Waals surface area contributed by atoms with E-state index in [-0.39, 0.29) is 35.7 Å². The summed E-state index contributed by atoms with van der Waals surface area (Å²) < 4.78 is 0. The van der Waals surface area contributed by atoms with E-state index in [9.17, 15) is 9.59 Å².